The van der Waals surface area contributed by atoms with Crippen LogP contribution in [0.1, 0.15) is 37.5 Å². The van der Waals surface area contributed by atoms with Crippen molar-refractivity contribution in [1.29, 1.82) is 0 Å². The molecule has 0 aliphatic heterocycles. The second kappa shape index (κ2) is 10.6. The summed E-state index contributed by atoms with van der Waals surface area (Å²) in [5.41, 5.74) is 3.08. The highest BCUT2D eigenvalue weighted by Crippen LogP contribution is 2.26. The van der Waals surface area contributed by atoms with E-state index in [0.717, 1.165) is 21.2 Å². The topological polar surface area (TPSA) is 76.7 Å². The van der Waals surface area contributed by atoms with E-state index in [1.165, 1.54) is 0 Å². The lowest BCUT2D eigenvalue weighted by molar-refractivity contribution is -0.119. The van der Waals surface area contributed by atoms with Gasteiger partial charge in [0.1, 0.15) is 11.6 Å². The molecule has 6 nitrogen and oxygen atoms in total. The third kappa shape index (κ3) is 7.80. The molecule has 0 radical (unpaired) electrons. The first-order valence-electron chi connectivity index (χ1n) is 9.74. The zero-order chi connectivity index (χ0) is 22.3. The van der Waals surface area contributed by atoms with Crippen LogP contribution in [0.5, 0.6) is 0 Å². The predicted molar refractivity (Wildman–Crippen MR) is 122 cm³/mol. The zero-order valence-corrected chi connectivity index (χ0v) is 19.6. The van der Waals surface area contributed by atoms with Gasteiger partial charge in [-0.25, -0.2) is 4.79 Å². The monoisotopic (exact) mass is 476 g/mol. The largest absolute Gasteiger partial charge is 0.444 e. The van der Waals surface area contributed by atoms with Crippen molar-refractivity contribution < 1.29 is 19.1 Å². The molecule has 0 fully saturated rings. The van der Waals surface area contributed by atoms with E-state index in [1.807, 2.05) is 56.3 Å². The number of anilines is 1. The summed E-state index contributed by atoms with van der Waals surface area (Å²) in [4.78, 5) is 25.2. The Morgan fingerprint density at radius 1 is 1.07 bits per heavy atom. The molecule has 162 valence electrons. The van der Waals surface area contributed by atoms with Crippen LogP contribution in [0.15, 0.2) is 46.9 Å². The van der Waals surface area contributed by atoms with Gasteiger partial charge >= 0.3 is 6.09 Å². The van der Waals surface area contributed by atoms with E-state index in [0.29, 0.717) is 12.3 Å². The SMILES string of the molecule is Cc1cc(Br)c(NC(=O)[C@H](COCc2ccccc2)NC(=O)OC(C)(C)C)cc1C. The van der Waals surface area contributed by atoms with Crippen molar-refractivity contribution in [3.8, 4) is 0 Å². The molecular weight excluding hydrogens is 448 g/mol. The summed E-state index contributed by atoms with van der Waals surface area (Å²) < 4.78 is 11.8. The molecule has 7 heteroatoms. The minimum atomic E-state index is -0.919. The van der Waals surface area contributed by atoms with Gasteiger partial charge in [-0.1, -0.05) is 30.3 Å². The predicted octanol–water partition coefficient (Wildman–Crippen LogP) is 5.11. The van der Waals surface area contributed by atoms with Crippen LogP contribution in [0, 0.1) is 13.8 Å². The standard InChI is InChI=1S/C23H29BrN2O4/c1-15-11-18(24)19(12-16(15)2)25-21(27)20(26-22(28)30-23(3,4)5)14-29-13-17-9-7-6-8-10-17/h6-12,20H,13-14H2,1-5H3,(H,25,27)(H,26,28)/t20-/m0/s1. The molecule has 0 aliphatic rings. The third-order valence-electron chi connectivity index (χ3n) is 4.24. The minimum absolute atomic E-state index is 0.00241. The van der Waals surface area contributed by atoms with E-state index in [9.17, 15) is 9.59 Å². The summed E-state index contributed by atoms with van der Waals surface area (Å²) in [5, 5.41) is 5.47. The molecule has 0 spiro atoms. The summed E-state index contributed by atoms with van der Waals surface area (Å²) in [7, 11) is 0. The third-order valence-corrected chi connectivity index (χ3v) is 4.90. The van der Waals surface area contributed by atoms with Crippen LogP contribution in [-0.2, 0) is 20.9 Å². The fraction of sp³-hybridized carbons (Fsp3) is 0.391. The van der Waals surface area contributed by atoms with Gasteiger partial charge in [0.15, 0.2) is 0 Å². The molecule has 0 heterocycles. The number of carbonyl (C=O) groups excluding carboxylic acids is 2. The van der Waals surface area contributed by atoms with E-state index in [4.69, 9.17) is 9.47 Å². The Morgan fingerprint density at radius 2 is 1.70 bits per heavy atom. The van der Waals surface area contributed by atoms with Crippen molar-refractivity contribution in [1.82, 2.24) is 5.32 Å². The molecule has 0 aromatic heterocycles. The number of hydrogen-bond acceptors (Lipinski definition) is 4. The quantitative estimate of drug-likeness (QED) is 0.581. The Bertz CT molecular complexity index is 879. The van der Waals surface area contributed by atoms with Crippen LogP contribution in [0.3, 0.4) is 0 Å². The van der Waals surface area contributed by atoms with Gasteiger partial charge in [-0.2, -0.15) is 0 Å². The first-order chi connectivity index (χ1) is 14.0. The van der Waals surface area contributed by atoms with Crippen LogP contribution in [0.25, 0.3) is 0 Å². The molecule has 0 bridgehead atoms. The van der Waals surface area contributed by atoms with Gasteiger partial charge < -0.3 is 20.1 Å². The van der Waals surface area contributed by atoms with Gasteiger partial charge in [-0.05, 0) is 79.4 Å². The van der Waals surface area contributed by atoms with Gasteiger partial charge in [0.2, 0.25) is 5.91 Å². The Hall–Kier alpha value is -2.38. The number of amides is 2. The molecule has 0 unspecified atom stereocenters. The number of halogens is 1. The number of benzene rings is 2. The Labute approximate surface area is 186 Å². The van der Waals surface area contributed by atoms with Crippen molar-refractivity contribution in [2.24, 2.45) is 0 Å². The summed E-state index contributed by atoms with van der Waals surface area (Å²) in [5.74, 6) is -0.391. The number of rotatable bonds is 7. The van der Waals surface area contributed by atoms with Gasteiger partial charge in [-0.3, -0.25) is 4.79 Å². The smallest absolute Gasteiger partial charge is 0.408 e. The van der Waals surface area contributed by atoms with E-state index in [2.05, 4.69) is 26.6 Å². The highest BCUT2D eigenvalue weighted by molar-refractivity contribution is 9.10. The summed E-state index contributed by atoms with van der Waals surface area (Å²) in [6.45, 7) is 9.59. The number of alkyl carbamates (subject to hydrolysis) is 1. The number of nitrogens with one attached hydrogen (secondary N) is 2. The fourth-order valence-electron chi connectivity index (χ4n) is 2.60. The van der Waals surface area contributed by atoms with E-state index in [1.54, 1.807) is 20.8 Å². The number of ether oxygens (including phenoxy) is 2. The van der Waals surface area contributed by atoms with Gasteiger partial charge in [0, 0.05) is 4.47 Å². The minimum Gasteiger partial charge on any atom is -0.444 e. The highest BCUT2D eigenvalue weighted by Gasteiger charge is 2.25. The lowest BCUT2D eigenvalue weighted by Gasteiger charge is -2.23. The summed E-state index contributed by atoms with van der Waals surface area (Å²) >= 11 is 3.47. The van der Waals surface area contributed by atoms with Crippen LogP contribution < -0.4 is 10.6 Å². The normalized spacial score (nSPS) is 12.2. The van der Waals surface area contributed by atoms with E-state index in [-0.39, 0.29) is 6.61 Å². The van der Waals surface area contributed by atoms with Crippen LogP contribution >= 0.6 is 15.9 Å². The van der Waals surface area contributed by atoms with Crippen molar-refractivity contribution in [3.05, 3.63) is 63.6 Å². The molecule has 0 saturated heterocycles. The first-order valence-corrected chi connectivity index (χ1v) is 10.5. The first kappa shape index (κ1) is 23.9. The maximum atomic E-state index is 12.9. The molecule has 2 amide bonds. The molecule has 2 rings (SSSR count). The highest BCUT2D eigenvalue weighted by atomic mass is 79.9. The number of hydrogen-bond donors (Lipinski definition) is 2. The average Bonchev–Trinajstić information content (AvgIpc) is 2.64. The van der Waals surface area contributed by atoms with Crippen LogP contribution in [0.4, 0.5) is 10.5 Å². The van der Waals surface area contributed by atoms with Gasteiger partial charge in [-0.15, -0.1) is 0 Å². The molecule has 1 atom stereocenters. The molecule has 30 heavy (non-hydrogen) atoms. The van der Waals surface area contributed by atoms with Crippen molar-refractivity contribution in [2.45, 2.75) is 52.9 Å². The van der Waals surface area contributed by atoms with E-state index >= 15 is 0 Å². The zero-order valence-electron chi connectivity index (χ0n) is 18.0. The molecular formula is C23H29BrN2O4. The van der Waals surface area contributed by atoms with Crippen molar-refractivity contribution >= 4 is 33.6 Å². The lowest BCUT2D eigenvalue weighted by Crippen LogP contribution is -2.48. The second-order valence-corrected chi connectivity index (χ2v) is 8.96. The molecule has 0 saturated carbocycles. The van der Waals surface area contributed by atoms with Crippen molar-refractivity contribution in [2.75, 3.05) is 11.9 Å². The van der Waals surface area contributed by atoms with Gasteiger partial charge in [0.05, 0.1) is 18.9 Å². The summed E-state index contributed by atoms with van der Waals surface area (Å²) in [6.07, 6.45) is -0.676. The fourth-order valence-corrected chi connectivity index (χ4v) is 3.16. The number of aryl methyl sites for hydroxylation is 2. The molecule has 0 aliphatic carbocycles. The molecule has 2 aromatic rings. The van der Waals surface area contributed by atoms with E-state index < -0.39 is 23.6 Å². The lowest BCUT2D eigenvalue weighted by atomic mass is 10.1. The van der Waals surface area contributed by atoms with Crippen LogP contribution in [0.2, 0.25) is 0 Å². The van der Waals surface area contributed by atoms with Crippen molar-refractivity contribution in [3.63, 3.8) is 0 Å². The Kier molecular flexibility index (Phi) is 8.43. The second-order valence-electron chi connectivity index (χ2n) is 8.11. The van der Waals surface area contributed by atoms with Crippen LogP contribution in [-0.4, -0.2) is 30.3 Å². The Balaban J connectivity index is 2.09. The molecule has 2 N–H and O–H groups in total. The Morgan fingerprint density at radius 3 is 2.33 bits per heavy atom. The molecule has 2 aromatic carbocycles. The number of carbonyl (C=O) groups is 2. The maximum Gasteiger partial charge on any atom is 0.408 e. The average molecular weight is 477 g/mol. The summed E-state index contributed by atoms with van der Waals surface area (Å²) in [6, 6.07) is 12.5. The van der Waals surface area contributed by atoms with Gasteiger partial charge in [0.25, 0.3) is 0 Å². The maximum absolute atomic E-state index is 12.9.